The minimum absolute atomic E-state index is 0.345. The Morgan fingerprint density at radius 1 is 1.03 bits per heavy atom. The quantitative estimate of drug-likeness (QED) is 0.767. The molecule has 1 saturated carbocycles. The smallest absolute Gasteiger partial charge is 0.323 e. The summed E-state index contributed by atoms with van der Waals surface area (Å²) in [5, 5.41) is 5.48. The maximum atomic E-state index is 13.0. The number of anilines is 2. The molecule has 5 rings (SSSR count). The van der Waals surface area contributed by atoms with Crippen LogP contribution in [0.5, 0.6) is 5.75 Å². The number of ether oxygens (including phenoxy) is 2. The topological polar surface area (TPSA) is 62.8 Å². The number of hydrogen-bond donors (Lipinski definition) is 2. The van der Waals surface area contributed by atoms with Gasteiger partial charge in [-0.15, -0.1) is 0 Å². The standard InChI is InChI=1S/C23H26FN3O3/c24-17-4-6-18(7-5-17)25-22(28)26-19-8-9-21-16(14-19)15-29-23(30-21)10-12-27(13-11-23)20-2-1-3-20/h4-9,14,20H,1-3,10-13,15H2,(H2,25,26,28). The summed E-state index contributed by atoms with van der Waals surface area (Å²) >= 11 is 0. The van der Waals surface area contributed by atoms with Crippen molar-refractivity contribution in [3.05, 3.63) is 53.8 Å². The Kier molecular flexibility index (Phi) is 5.08. The highest BCUT2D eigenvalue weighted by Gasteiger charge is 2.42. The van der Waals surface area contributed by atoms with E-state index in [0.29, 0.717) is 18.0 Å². The molecule has 2 N–H and O–H groups in total. The molecule has 0 unspecified atom stereocenters. The molecule has 2 aliphatic heterocycles. The highest BCUT2D eigenvalue weighted by Crippen LogP contribution is 2.40. The van der Waals surface area contributed by atoms with E-state index in [1.807, 2.05) is 18.2 Å². The number of halogens is 1. The van der Waals surface area contributed by atoms with Crippen molar-refractivity contribution >= 4 is 17.4 Å². The Morgan fingerprint density at radius 3 is 2.43 bits per heavy atom. The molecule has 1 spiro atoms. The number of nitrogens with zero attached hydrogens (tertiary/aromatic N) is 1. The van der Waals surface area contributed by atoms with Crippen molar-refractivity contribution in [3.63, 3.8) is 0 Å². The molecule has 30 heavy (non-hydrogen) atoms. The molecule has 1 saturated heterocycles. The number of carbonyl (C=O) groups is 1. The summed E-state index contributed by atoms with van der Waals surface area (Å²) in [6.07, 6.45) is 5.75. The van der Waals surface area contributed by atoms with Crippen LogP contribution >= 0.6 is 0 Å². The number of fused-ring (bicyclic) bond motifs is 1. The summed E-state index contributed by atoms with van der Waals surface area (Å²) in [6, 6.07) is 11.6. The minimum Gasteiger partial charge on any atom is -0.462 e. The van der Waals surface area contributed by atoms with E-state index in [-0.39, 0.29) is 11.8 Å². The summed E-state index contributed by atoms with van der Waals surface area (Å²) in [6.45, 7) is 2.50. The van der Waals surface area contributed by atoms with Gasteiger partial charge in [-0.25, -0.2) is 9.18 Å². The average molecular weight is 411 g/mol. The van der Waals surface area contributed by atoms with Crippen LogP contribution in [0.3, 0.4) is 0 Å². The van der Waals surface area contributed by atoms with Gasteiger partial charge in [-0.05, 0) is 55.3 Å². The normalized spacial score (nSPS) is 20.7. The number of benzene rings is 2. The van der Waals surface area contributed by atoms with Gasteiger partial charge in [-0.3, -0.25) is 4.90 Å². The second-order valence-electron chi connectivity index (χ2n) is 8.33. The zero-order chi connectivity index (χ0) is 20.6. The third-order valence-corrected chi connectivity index (χ3v) is 6.36. The molecule has 1 aliphatic carbocycles. The van der Waals surface area contributed by atoms with Crippen molar-refractivity contribution in [3.8, 4) is 5.75 Å². The van der Waals surface area contributed by atoms with Gasteiger partial charge in [0.05, 0.1) is 6.61 Å². The van der Waals surface area contributed by atoms with Crippen LogP contribution in [0.4, 0.5) is 20.6 Å². The fourth-order valence-corrected chi connectivity index (χ4v) is 4.36. The molecular weight excluding hydrogens is 385 g/mol. The number of carbonyl (C=O) groups excluding carboxylic acids is 1. The first-order valence-corrected chi connectivity index (χ1v) is 10.6. The van der Waals surface area contributed by atoms with Crippen molar-refractivity contribution in [1.29, 1.82) is 0 Å². The molecule has 6 nitrogen and oxygen atoms in total. The average Bonchev–Trinajstić information content (AvgIpc) is 2.70. The maximum Gasteiger partial charge on any atom is 0.323 e. The van der Waals surface area contributed by atoms with Crippen LogP contribution in [-0.2, 0) is 11.3 Å². The first-order valence-electron chi connectivity index (χ1n) is 10.6. The zero-order valence-electron chi connectivity index (χ0n) is 16.8. The first-order chi connectivity index (χ1) is 14.6. The number of rotatable bonds is 3. The fraction of sp³-hybridized carbons (Fsp3) is 0.435. The minimum atomic E-state index is -0.526. The van der Waals surface area contributed by atoms with Crippen LogP contribution in [0.25, 0.3) is 0 Å². The summed E-state index contributed by atoms with van der Waals surface area (Å²) < 4.78 is 25.4. The molecule has 2 fully saturated rings. The van der Waals surface area contributed by atoms with E-state index in [9.17, 15) is 9.18 Å². The number of amides is 2. The molecule has 0 bridgehead atoms. The number of urea groups is 1. The number of nitrogens with one attached hydrogen (secondary N) is 2. The summed E-state index contributed by atoms with van der Waals surface area (Å²) in [5.74, 6) is -0.0488. The van der Waals surface area contributed by atoms with Gasteiger partial charge in [-0.1, -0.05) is 6.42 Å². The van der Waals surface area contributed by atoms with Crippen LogP contribution in [0.15, 0.2) is 42.5 Å². The fourth-order valence-electron chi connectivity index (χ4n) is 4.36. The SMILES string of the molecule is O=C(Nc1ccc(F)cc1)Nc1ccc2c(c1)COC1(CCN(C3CCC3)CC1)O2. The molecule has 2 heterocycles. The largest absolute Gasteiger partial charge is 0.462 e. The van der Waals surface area contributed by atoms with E-state index in [1.165, 1.54) is 43.5 Å². The summed E-state index contributed by atoms with van der Waals surface area (Å²) in [4.78, 5) is 14.8. The summed E-state index contributed by atoms with van der Waals surface area (Å²) in [7, 11) is 0. The van der Waals surface area contributed by atoms with Crippen LogP contribution in [0.1, 0.15) is 37.7 Å². The second kappa shape index (κ2) is 7.89. The van der Waals surface area contributed by atoms with E-state index in [4.69, 9.17) is 9.47 Å². The predicted molar refractivity (Wildman–Crippen MR) is 112 cm³/mol. The van der Waals surface area contributed by atoms with Gasteiger partial charge in [0.15, 0.2) is 0 Å². The maximum absolute atomic E-state index is 13.0. The highest BCUT2D eigenvalue weighted by atomic mass is 19.1. The van der Waals surface area contributed by atoms with Crippen molar-refractivity contribution in [2.75, 3.05) is 23.7 Å². The molecule has 158 valence electrons. The van der Waals surface area contributed by atoms with Gasteiger partial charge in [0.2, 0.25) is 5.79 Å². The van der Waals surface area contributed by atoms with Crippen molar-refractivity contribution < 1.29 is 18.7 Å². The number of hydrogen-bond acceptors (Lipinski definition) is 4. The molecule has 3 aliphatic rings. The van der Waals surface area contributed by atoms with Gasteiger partial charge in [0.25, 0.3) is 0 Å². The van der Waals surface area contributed by atoms with E-state index >= 15 is 0 Å². The lowest BCUT2D eigenvalue weighted by atomic mass is 9.89. The zero-order valence-corrected chi connectivity index (χ0v) is 16.8. The Morgan fingerprint density at radius 2 is 1.73 bits per heavy atom. The van der Waals surface area contributed by atoms with Crippen molar-refractivity contribution in [1.82, 2.24) is 4.90 Å². The lowest BCUT2D eigenvalue weighted by molar-refractivity contribution is -0.231. The Balaban J connectivity index is 1.19. The van der Waals surface area contributed by atoms with Crippen LogP contribution in [0, 0.1) is 5.82 Å². The Hall–Kier alpha value is -2.64. The van der Waals surface area contributed by atoms with Gasteiger partial charge < -0.3 is 20.1 Å². The van der Waals surface area contributed by atoms with E-state index < -0.39 is 5.79 Å². The molecule has 0 radical (unpaired) electrons. The van der Waals surface area contributed by atoms with Gasteiger partial charge in [0, 0.05) is 48.9 Å². The van der Waals surface area contributed by atoms with E-state index in [1.54, 1.807) is 0 Å². The predicted octanol–water partition coefficient (Wildman–Crippen LogP) is 4.72. The molecular formula is C23H26FN3O3. The van der Waals surface area contributed by atoms with Crippen LogP contribution in [0.2, 0.25) is 0 Å². The molecule has 2 aromatic rings. The van der Waals surface area contributed by atoms with Gasteiger partial charge in [0.1, 0.15) is 11.6 Å². The third kappa shape index (κ3) is 4.00. The highest BCUT2D eigenvalue weighted by molar-refractivity contribution is 5.99. The van der Waals surface area contributed by atoms with E-state index in [0.717, 1.165) is 43.3 Å². The molecule has 2 amide bonds. The Bertz CT molecular complexity index is 922. The van der Waals surface area contributed by atoms with Crippen LogP contribution in [-0.4, -0.2) is 35.8 Å². The van der Waals surface area contributed by atoms with Crippen molar-refractivity contribution in [2.24, 2.45) is 0 Å². The Labute approximate surface area is 175 Å². The van der Waals surface area contributed by atoms with Crippen LogP contribution < -0.4 is 15.4 Å². The van der Waals surface area contributed by atoms with E-state index in [2.05, 4.69) is 15.5 Å². The van der Waals surface area contributed by atoms with Gasteiger partial charge >= 0.3 is 6.03 Å². The van der Waals surface area contributed by atoms with Crippen molar-refractivity contribution in [2.45, 2.75) is 50.5 Å². The van der Waals surface area contributed by atoms with Gasteiger partial charge in [-0.2, -0.15) is 0 Å². The number of likely N-dealkylation sites (tertiary alicyclic amines) is 1. The summed E-state index contributed by atoms with van der Waals surface area (Å²) in [5.41, 5.74) is 2.09. The lowest BCUT2D eigenvalue weighted by Crippen LogP contribution is -2.54. The molecule has 0 aromatic heterocycles. The third-order valence-electron chi connectivity index (χ3n) is 6.36. The lowest BCUT2D eigenvalue weighted by Gasteiger charge is -2.47. The molecule has 2 aromatic carbocycles. The monoisotopic (exact) mass is 411 g/mol. The molecule has 0 atom stereocenters. The number of piperidine rings is 1. The second-order valence-corrected chi connectivity index (χ2v) is 8.33. The first kappa shape index (κ1) is 19.3. The molecule has 7 heteroatoms.